The van der Waals surface area contributed by atoms with Crippen molar-refractivity contribution in [2.24, 2.45) is 0 Å². The van der Waals surface area contributed by atoms with E-state index in [1.54, 1.807) is 6.07 Å². The van der Waals surface area contributed by atoms with Crippen molar-refractivity contribution in [3.63, 3.8) is 0 Å². The minimum atomic E-state index is -0.398. The second-order valence-electron chi connectivity index (χ2n) is 3.48. The van der Waals surface area contributed by atoms with Gasteiger partial charge in [0.15, 0.2) is 6.29 Å². The molecule has 1 aromatic carbocycles. The van der Waals surface area contributed by atoms with Gasteiger partial charge in [-0.1, -0.05) is 6.07 Å². The first-order chi connectivity index (χ1) is 7.29. The molecule has 0 saturated carbocycles. The molecule has 0 radical (unpaired) electrons. The summed E-state index contributed by atoms with van der Waals surface area (Å²) in [7, 11) is 0. The molecule has 0 saturated heterocycles. The van der Waals surface area contributed by atoms with Crippen molar-refractivity contribution in [1.82, 2.24) is 0 Å². The minimum Gasteiger partial charge on any atom is -0.396 e. The van der Waals surface area contributed by atoms with Gasteiger partial charge >= 0.3 is 0 Å². The van der Waals surface area contributed by atoms with Crippen molar-refractivity contribution in [1.29, 1.82) is 0 Å². The van der Waals surface area contributed by atoms with Crippen molar-refractivity contribution in [2.45, 2.75) is 25.9 Å². The van der Waals surface area contributed by atoms with E-state index < -0.39 is 6.29 Å². The molecule has 3 nitrogen and oxygen atoms in total. The van der Waals surface area contributed by atoms with E-state index in [9.17, 15) is 4.39 Å². The maximum atomic E-state index is 12.9. The van der Waals surface area contributed by atoms with Crippen LogP contribution in [0.4, 0.5) is 4.39 Å². The van der Waals surface area contributed by atoms with E-state index >= 15 is 0 Å². The lowest BCUT2D eigenvalue weighted by molar-refractivity contribution is -0.156. The number of hydrogen-bond acceptors (Lipinski definition) is 3. The summed E-state index contributed by atoms with van der Waals surface area (Å²) >= 11 is 0. The molecule has 2 rings (SSSR count). The first-order valence-corrected chi connectivity index (χ1v) is 4.91. The first kappa shape index (κ1) is 10.5. The standard InChI is InChI=1S/C11H13FO3/c12-10-2-1-8-6-14-11(3-4-13)15-7-9(8)5-10/h1-2,5,11,13H,3-4,6-7H2. The normalized spacial score (nSPS) is 20.8. The number of halogens is 1. The smallest absolute Gasteiger partial charge is 0.160 e. The summed E-state index contributed by atoms with van der Waals surface area (Å²) in [6.07, 6.45) is 0.0432. The number of aliphatic hydroxyl groups is 1. The maximum Gasteiger partial charge on any atom is 0.160 e. The lowest BCUT2D eigenvalue weighted by Crippen LogP contribution is -2.15. The molecule has 0 fully saturated rings. The Labute approximate surface area is 87.4 Å². The van der Waals surface area contributed by atoms with Gasteiger partial charge in [-0.25, -0.2) is 4.39 Å². The zero-order valence-corrected chi connectivity index (χ0v) is 8.28. The highest BCUT2D eigenvalue weighted by Gasteiger charge is 2.16. The van der Waals surface area contributed by atoms with Crippen LogP contribution in [0.15, 0.2) is 18.2 Å². The van der Waals surface area contributed by atoms with E-state index in [0.29, 0.717) is 19.6 Å². The molecule has 0 spiro atoms. The lowest BCUT2D eigenvalue weighted by atomic mass is 10.1. The molecule has 1 unspecified atom stereocenters. The average molecular weight is 212 g/mol. The first-order valence-electron chi connectivity index (χ1n) is 4.91. The summed E-state index contributed by atoms with van der Waals surface area (Å²) < 4.78 is 23.7. The SMILES string of the molecule is OCCC1OCc2ccc(F)cc2CO1. The molecule has 1 aliphatic heterocycles. The quantitative estimate of drug-likeness (QED) is 0.808. The number of hydrogen-bond donors (Lipinski definition) is 1. The maximum absolute atomic E-state index is 12.9. The van der Waals surface area contributed by atoms with Crippen LogP contribution in [0.2, 0.25) is 0 Å². The third kappa shape index (κ3) is 2.53. The Morgan fingerprint density at radius 1 is 1.27 bits per heavy atom. The van der Waals surface area contributed by atoms with Crippen molar-refractivity contribution in [3.8, 4) is 0 Å². The molecule has 0 aliphatic carbocycles. The van der Waals surface area contributed by atoms with E-state index in [2.05, 4.69) is 0 Å². The van der Waals surface area contributed by atoms with E-state index in [-0.39, 0.29) is 12.4 Å². The molecule has 4 heteroatoms. The van der Waals surface area contributed by atoms with Crippen LogP contribution in [0.5, 0.6) is 0 Å². The summed E-state index contributed by atoms with van der Waals surface area (Å²) in [4.78, 5) is 0. The van der Waals surface area contributed by atoms with Gasteiger partial charge in [0.1, 0.15) is 5.82 Å². The second-order valence-corrected chi connectivity index (χ2v) is 3.48. The molecular formula is C11H13FO3. The molecule has 0 aromatic heterocycles. The average Bonchev–Trinajstić information content (AvgIpc) is 2.42. The van der Waals surface area contributed by atoms with Crippen LogP contribution < -0.4 is 0 Å². The highest BCUT2D eigenvalue weighted by molar-refractivity contribution is 5.27. The monoisotopic (exact) mass is 212 g/mol. The summed E-state index contributed by atoms with van der Waals surface area (Å²) in [5, 5.41) is 8.75. The number of benzene rings is 1. The Balaban J connectivity index is 2.11. The second kappa shape index (κ2) is 4.70. The van der Waals surface area contributed by atoms with Gasteiger partial charge in [-0.3, -0.25) is 0 Å². The molecule has 1 heterocycles. The fraction of sp³-hybridized carbons (Fsp3) is 0.455. The van der Waals surface area contributed by atoms with Crippen molar-refractivity contribution in [2.75, 3.05) is 6.61 Å². The van der Waals surface area contributed by atoms with Gasteiger partial charge in [0.25, 0.3) is 0 Å². The van der Waals surface area contributed by atoms with Crippen molar-refractivity contribution >= 4 is 0 Å². The summed E-state index contributed by atoms with van der Waals surface area (Å²) in [6, 6.07) is 4.57. The molecule has 1 N–H and O–H groups in total. The predicted molar refractivity (Wildman–Crippen MR) is 51.5 cm³/mol. The zero-order valence-electron chi connectivity index (χ0n) is 8.28. The van der Waals surface area contributed by atoms with Crippen LogP contribution >= 0.6 is 0 Å². The third-order valence-electron chi connectivity index (χ3n) is 2.38. The van der Waals surface area contributed by atoms with Gasteiger partial charge in [-0.2, -0.15) is 0 Å². The molecule has 0 amide bonds. The molecule has 1 aromatic rings. The summed E-state index contributed by atoms with van der Waals surface area (Å²) in [6.45, 7) is 0.757. The van der Waals surface area contributed by atoms with Gasteiger partial charge in [0.05, 0.1) is 13.2 Å². The Bertz CT molecular complexity index is 341. The Kier molecular flexibility index (Phi) is 3.30. The number of fused-ring (bicyclic) bond motifs is 1. The van der Waals surface area contributed by atoms with Crippen LogP contribution in [-0.2, 0) is 22.7 Å². The van der Waals surface area contributed by atoms with Gasteiger partial charge in [-0.15, -0.1) is 0 Å². The van der Waals surface area contributed by atoms with Gasteiger partial charge in [0, 0.05) is 13.0 Å². The van der Waals surface area contributed by atoms with E-state index in [4.69, 9.17) is 14.6 Å². The van der Waals surface area contributed by atoms with Crippen LogP contribution in [0, 0.1) is 5.82 Å². The van der Waals surface area contributed by atoms with Gasteiger partial charge in [-0.05, 0) is 23.3 Å². The van der Waals surface area contributed by atoms with Gasteiger partial charge in [0.2, 0.25) is 0 Å². The largest absolute Gasteiger partial charge is 0.396 e. The number of rotatable bonds is 2. The van der Waals surface area contributed by atoms with E-state index in [0.717, 1.165) is 11.1 Å². The van der Waals surface area contributed by atoms with Crippen molar-refractivity contribution < 1.29 is 19.0 Å². The third-order valence-corrected chi connectivity index (χ3v) is 2.38. The minimum absolute atomic E-state index is 0.0232. The fourth-order valence-electron chi connectivity index (χ4n) is 1.56. The highest BCUT2D eigenvalue weighted by atomic mass is 19.1. The zero-order chi connectivity index (χ0) is 10.7. The topological polar surface area (TPSA) is 38.7 Å². The molecule has 1 aliphatic rings. The number of ether oxygens (including phenoxy) is 2. The Morgan fingerprint density at radius 3 is 2.73 bits per heavy atom. The van der Waals surface area contributed by atoms with Crippen molar-refractivity contribution in [3.05, 3.63) is 35.1 Å². The van der Waals surface area contributed by atoms with Crippen LogP contribution in [-0.4, -0.2) is 18.0 Å². The highest BCUT2D eigenvalue weighted by Crippen LogP contribution is 2.20. The molecule has 15 heavy (non-hydrogen) atoms. The summed E-state index contributed by atoms with van der Waals surface area (Å²) in [5.74, 6) is -0.266. The van der Waals surface area contributed by atoms with E-state index in [1.165, 1.54) is 12.1 Å². The summed E-state index contributed by atoms with van der Waals surface area (Å²) in [5.41, 5.74) is 1.76. The van der Waals surface area contributed by atoms with Crippen LogP contribution in [0.25, 0.3) is 0 Å². The molecule has 82 valence electrons. The van der Waals surface area contributed by atoms with E-state index in [1.807, 2.05) is 0 Å². The van der Waals surface area contributed by atoms with Gasteiger partial charge < -0.3 is 14.6 Å². The fourth-order valence-corrected chi connectivity index (χ4v) is 1.56. The molecule has 1 atom stereocenters. The van der Waals surface area contributed by atoms with Crippen LogP contribution in [0.1, 0.15) is 17.5 Å². The Morgan fingerprint density at radius 2 is 2.00 bits per heavy atom. The molecule has 0 bridgehead atoms. The Hall–Kier alpha value is -0.970. The molecular weight excluding hydrogens is 199 g/mol. The lowest BCUT2D eigenvalue weighted by Gasteiger charge is -2.13. The predicted octanol–water partition coefficient (Wildman–Crippen LogP) is 1.58. The number of aliphatic hydroxyl groups excluding tert-OH is 1. The van der Waals surface area contributed by atoms with Crippen LogP contribution in [0.3, 0.4) is 0 Å².